The summed E-state index contributed by atoms with van der Waals surface area (Å²) >= 11 is 3.44. The van der Waals surface area contributed by atoms with Crippen molar-refractivity contribution in [1.29, 1.82) is 0 Å². The molecule has 0 saturated heterocycles. The number of rotatable bonds is 2. The lowest BCUT2D eigenvalue weighted by molar-refractivity contribution is 0.122. The third-order valence-electron chi connectivity index (χ3n) is 2.80. The van der Waals surface area contributed by atoms with Gasteiger partial charge in [0.25, 0.3) is 0 Å². The van der Waals surface area contributed by atoms with Crippen LogP contribution in [0.15, 0.2) is 21.4 Å². The Kier molecular flexibility index (Phi) is 3.38. The van der Waals surface area contributed by atoms with E-state index in [0.29, 0.717) is 11.9 Å². The van der Waals surface area contributed by atoms with E-state index in [4.69, 9.17) is 0 Å². The van der Waals surface area contributed by atoms with Crippen molar-refractivity contribution in [1.82, 2.24) is 9.97 Å². The number of aromatic nitrogens is 2. The van der Waals surface area contributed by atoms with Crippen LogP contribution in [0.2, 0.25) is 0 Å². The predicted molar refractivity (Wildman–Crippen MR) is 75.7 cm³/mol. The lowest BCUT2D eigenvalue weighted by Crippen LogP contribution is -2.12. The summed E-state index contributed by atoms with van der Waals surface area (Å²) in [4.78, 5) is 16.6. The van der Waals surface area contributed by atoms with Gasteiger partial charge >= 0.3 is 5.69 Å². The molecule has 0 bridgehead atoms. The summed E-state index contributed by atoms with van der Waals surface area (Å²) in [7, 11) is 0. The summed E-state index contributed by atoms with van der Waals surface area (Å²) < 4.78 is 0.807. The minimum absolute atomic E-state index is 0.0410. The molecule has 0 aliphatic carbocycles. The minimum Gasteiger partial charge on any atom is -0.388 e. The Hall–Kier alpha value is -1.07. The summed E-state index contributed by atoms with van der Waals surface area (Å²) in [6, 6.07) is 3.63. The van der Waals surface area contributed by atoms with Gasteiger partial charge in [-0.1, -0.05) is 36.7 Å². The molecule has 0 amide bonds. The molecule has 0 aliphatic rings. The molecule has 0 fully saturated rings. The molecule has 2 rings (SSSR count). The van der Waals surface area contributed by atoms with Crippen LogP contribution in [0.25, 0.3) is 11.0 Å². The van der Waals surface area contributed by atoms with Gasteiger partial charge in [0, 0.05) is 4.47 Å². The smallest absolute Gasteiger partial charge is 0.323 e. The molecule has 1 unspecified atom stereocenters. The Morgan fingerprint density at radius 2 is 1.83 bits per heavy atom. The molecule has 98 valence electrons. The van der Waals surface area contributed by atoms with Crippen LogP contribution >= 0.6 is 15.9 Å². The van der Waals surface area contributed by atoms with Gasteiger partial charge in [0.15, 0.2) is 0 Å². The molecule has 18 heavy (non-hydrogen) atoms. The number of hydrogen-bond donors (Lipinski definition) is 3. The zero-order valence-corrected chi connectivity index (χ0v) is 12.3. The van der Waals surface area contributed by atoms with Gasteiger partial charge < -0.3 is 15.1 Å². The second-order valence-electron chi connectivity index (χ2n) is 5.78. The molecule has 0 radical (unpaired) electrons. The number of aromatic amines is 2. The number of fused-ring (bicyclic) bond motifs is 1. The largest absolute Gasteiger partial charge is 0.388 e. The molecule has 0 spiro atoms. The molecule has 1 aromatic carbocycles. The molecule has 1 aromatic heterocycles. The fourth-order valence-electron chi connectivity index (χ4n) is 2.02. The number of aliphatic hydroxyl groups excluding tert-OH is 1. The number of halogens is 1. The molecule has 4 nitrogen and oxygen atoms in total. The predicted octanol–water partition coefficient (Wildman–Crippen LogP) is 3.09. The first-order valence-corrected chi connectivity index (χ1v) is 6.65. The normalized spacial score (nSPS) is 14.1. The molecule has 3 N–H and O–H groups in total. The Labute approximate surface area is 114 Å². The van der Waals surface area contributed by atoms with Crippen LogP contribution in [0.5, 0.6) is 0 Å². The number of nitrogens with one attached hydrogen (secondary N) is 2. The van der Waals surface area contributed by atoms with E-state index in [-0.39, 0.29) is 11.1 Å². The van der Waals surface area contributed by atoms with Gasteiger partial charge in [-0.05, 0) is 29.5 Å². The monoisotopic (exact) mass is 312 g/mol. The van der Waals surface area contributed by atoms with E-state index in [1.165, 1.54) is 0 Å². The number of hydrogen-bond acceptors (Lipinski definition) is 2. The van der Waals surface area contributed by atoms with Crippen molar-refractivity contribution in [3.05, 3.63) is 32.7 Å². The number of H-pyrrole nitrogens is 2. The quantitative estimate of drug-likeness (QED) is 0.797. The summed E-state index contributed by atoms with van der Waals surface area (Å²) in [6.45, 7) is 6.25. The van der Waals surface area contributed by atoms with E-state index in [0.717, 1.165) is 15.6 Å². The molecule has 2 aromatic rings. The van der Waals surface area contributed by atoms with Crippen molar-refractivity contribution >= 4 is 27.0 Å². The zero-order chi connectivity index (χ0) is 13.5. The maximum atomic E-state index is 11.2. The van der Waals surface area contributed by atoms with E-state index in [2.05, 4.69) is 46.7 Å². The lowest BCUT2D eigenvalue weighted by atomic mass is 9.87. The molecule has 0 aliphatic heterocycles. The van der Waals surface area contributed by atoms with Crippen molar-refractivity contribution in [2.24, 2.45) is 5.41 Å². The molecule has 1 heterocycles. The van der Waals surface area contributed by atoms with E-state index in [1.54, 1.807) is 0 Å². The Bertz CT molecular complexity index is 622. The molecular formula is C13H17BrN2O2. The maximum Gasteiger partial charge on any atom is 0.323 e. The van der Waals surface area contributed by atoms with E-state index in [1.807, 2.05) is 12.1 Å². The summed E-state index contributed by atoms with van der Waals surface area (Å²) in [5.74, 6) is 0. The van der Waals surface area contributed by atoms with Crippen molar-refractivity contribution < 1.29 is 5.11 Å². The van der Waals surface area contributed by atoms with Crippen LogP contribution in [-0.4, -0.2) is 15.1 Å². The first-order valence-electron chi connectivity index (χ1n) is 5.86. The fourth-order valence-corrected chi connectivity index (χ4v) is 2.63. The molecular weight excluding hydrogens is 296 g/mol. The minimum atomic E-state index is -0.554. The summed E-state index contributed by atoms with van der Waals surface area (Å²) in [6.07, 6.45) is 0.105. The molecule has 5 heteroatoms. The zero-order valence-electron chi connectivity index (χ0n) is 10.7. The SMILES string of the molecule is CC(C)(C)CC(O)c1cc2[nH]c(=O)[nH]c2cc1Br. The lowest BCUT2D eigenvalue weighted by Gasteiger charge is -2.23. The average Bonchev–Trinajstić information content (AvgIpc) is 2.53. The second kappa shape index (κ2) is 4.55. The van der Waals surface area contributed by atoms with Crippen LogP contribution in [0, 0.1) is 5.41 Å². The van der Waals surface area contributed by atoms with Gasteiger partial charge in [-0.2, -0.15) is 0 Å². The first-order chi connectivity index (χ1) is 8.26. The number of aliphatic hydroxyl groups is 1. The Balaban J connectivity index is 2.44. The van der Waals surface area contributed by atoms with Crippen LogP contribution in [0.3, 0.4) is 0 Å². The third-order valence-corrected chi connectivity index (χ3v) is 3.48. The topological polar surface area (TPSA) is 68.9 Å². The summed E-state index contributed by atoms with van der Waals surface area (Å²) in [5.41, 5.74) is 2.05. The number of imidazole rings is 1. The van der Waals surface area contributed by atoms with Gasteiger partial charge in [0.2, 0.25) is 0 Å². The standard InChI is InChI=1S/C13H17BrN2O2/c1-13(2,3)6-11(17)7-4-9-10(5-8(7)14)16-12(18)15-9/h4-5,11,17H,6H2,1-3H3,(H2,15,16,18). The van der Waals surface area contributed by atoms with Gasteiger partial charge in [-0.3, -0.25) is 0 Å². The highest BCUT2D eigenvalue weighted by Gasteiger charge is 2.20. The van der Waals surface area contributed by atoms with Crippen molar-refractivity contribution in [3.8, 4) is 0 Å². The maximum absolute atomic E-state index is 11.2. The fraction of sp³-hybridized carbons (Fsp3) is 0.462. The Morgan fingerprint density at radius 3 is 2.39 bits per heavy atom. The number of benzene rings is 1. The van der Waals surface area contributed by atoms with Crippen molar-refractivity contribution in [2.75, 3.05) is 0 Å². The second-order valence-corrected chi connectivity index (χ2v) is 6.63. The van der Waals surface area contributed by atoms with E-state index >= 15 is 0 Å². The molecule has 0 saturated carbocycles. The van der Waals surface area contributed by atoms with Crippen LogP contribution in [0.4, 0.5) is 0 Å². The van der Waals surface area contributed by atoms with Gasteiger partial charge in [-0.25, -0.2) is 4.79 Å². The highest BCUT2D eigenvalue weighted by atomic mass is 79.9. The van der Waals surface area contributed by atoms with Crippen molar-refractivity contribution in [2.45, 2.75) is 33.3 Å². The average molecular weight is 313 g/mol. The highest BCUT2D eigenvalue weighted by molar-refractivity contribution is 9.10. The van der Waals surface area contributed by atoms with Gasteiger partial charge in [-0.15, -0.1) is 0 Å². The van der Waals surface area contributed by atoms with Gasteiger partial charge in [0.1, 0.15) is 0 Å². The highest BCUT2D eigenvalue weighted by Crippen LogP contribution is 2.34. The third kappa shape index (κ3) is 2.84. The van der Waals surface area contributed by atoms with Crippen LogP contribution in [-0.2, 0) is 0 Å². The first kappa shape index (κ1) is 13.4. The Morgan fingerprint density at radius 1 is 1.28 bits per heavy atom. The summed E-state index contributed by atoms with van der Waals surface area (Å²) in [5, 5.41) is 10.3. The van der Waals surface area contributed by atoms with Crippen LogP contribution in [0.1, 0.15) is 38.9 Å². The van der Waals surface area contributed by atoms with E-state index < -0.39 is 6.10 Å². The van der Waals surface area contributed by atoms with E-state index in [9.17, 15) is 9.90 Å². The van der Waals surface area contributed by atoms with Crippen molar-refractivity contribution in [3.63, 3.8) is 0 Å². The molecule has 1 atom stereocenters. The van der Waals surface area contributed by atoms with Gasteiger partial charge in [0.05, 0.1) is 17.1 Å². The van der Waals surface area contributed by atoms with Crippen LogP contribution < -0.4 is 5.69 Å².